The number of aryl methyl sites for hydroxylation is 2. The Labute approximate surface area is 144 Å². The molecular weight excluding hydrogens is 302 g/mol. The van der Waals surface area contributed by atoms with Gasteiger partial charge in [0.05, 0.1) is 24.0 Å². The topological polar surface area (TPSA) is 50.5 Å². The van der Waals surface area contributed by atoms with Crippen molar-refractivity contribution in [3.05, 3.63) is 47.2 Å². The molecule has 1 heterocycles. The minimum Gasteiger partial charge on any atom is -0.481 e. The Morgan fingerprint density at radius 2 is 1.88 bits per heavy atom. The average Bonchev–Trinajstić information content (AvgIpc) is 2.81. The SMILES string of the molecule is CCc1nn(C)c(OC)c1CN(Cc1ccccc1)CC(C)(C)O. The predicted octanol–water partition coefficient (Wildman–Crippen LogP) is 2.76. The molecule has 2 rings (SSSR count). The van der Waals surface area contributed by atoms with Crippen LogP contribution in [0, 0.1) is 0 Å². The smallest absolute Gasteiger partial charge is 0.216 e. The molecule has 0 amide bonds. The van der Waals surface area contributed by atoms with Gasteiger partial charge in [-0.15, -0.1) is 0 Å². The van der Waals surface area contributed by atoms with Gasteiger partial charge in [0.1, 0.15) is 0 Å². The number of benzene rings is 1. The lowest BCUT2D eigenvalue weighted by Crippen LogP contribution is -2.38. The molecule has 1 aromatic carbocycles. The van der Waals surface area contributed by atoms with E-state index in [0.29, 0.717) is 13.1 Å². The standard InChI is InChI=1S/C19H29N3O2/c1-6-17-16(18(24-5)21(4)20-17)13-22(14-19(2,3)23)12-15-10-8-7-9-11-15/h7-11,23H,6,12-14H2,1-5H3. The summed E-state index contributed by atoms with van der Waals surface area (Å²) in [4.78, 5) is 2.24. The number of aliphatic hydroxyl groups is 1. The zero-order valence-electron chi connectivity index (χ0n) is 15.4. The van der Waals surface area contributed by atoms with Crippen LogP contribution >= 0.6 is 0 Å². The fourth-order valence-corrected chi connectivity index (χ4v) is 3.08. The molecule has 0 radical (unpaired) electrons. The maximum atomic E-state index is 10.3. The summed E-state index contributed by atoms with van der Waals surface area (Å²) in [5.74, 6) is 0.792. The number of aromatic nitrogens is 2. The van der Waals surface area contributed by atoms with Crippen molar-refractivity contribution in [1.82, 2.24) is 14.7 Å². The summed E-state index contributed by atoms with van der Waals surface area (Å²) in [6.45, 7) is 7.81. The minimum atomic E-state index is -0.767. The molecule has 0 spiro atoms. The number of ether oxygens (including phenoxy) is 1. The first-order valence-corrected chi connectivity index (χ1v) is 8.41. The van der Waals surface area contributed by atoms with Crippen molar-refractivity contribution in [3.8, 4) is 5.88 Å². The molecule has 0 fully saturated rings. The summed E-state index contributed by atoms with van der Waals surface area (Å²) >= 11 is 0. The van der Waals surface area contributed by atoms with Crippen molar-refractivity contribution in [1.29, 1.82) is 0 Å². The highest BCUT2D eigenvalue weighted by molar-refractivity contribution is 5.32. The fourth-order valence-electron chi connectivity index (χ4n) is 3.08. The minimum absolute atomic E-state index is 0.573. The molecule has 24 heavy (non-hydrogen) atoms. The van der Waals surface area contributed by atoms with Gasteiger partial charge in [-0.25, -0.2) is 4.68 Å². The molecule has 0 bridgehead atoms. The van der Waals surface area contributed by atoms with E-state index in [1.807, 2.05) is 39.1 Å². The Bertz CT molecular complexity index is 645. The lowest BCUT2D eigenvalue weighted by molar-refractivity contribution is 0.0303. The normalized spacial score (nSPS) is 12.0. The van der Waals surface area contributed by atoms with E-state index in [1.54, 1.807) is 11.8 Å². The molecule has 1 N–H and O–H groups in total. The third-order valence-electron chi connectivity index (χ3n) is 3.94. The summed E-state index contributed by atoms with van der Waals surface area (Å²) in [6, 6.07) is 10.3. The molecule has 2 aromatic rings. The van der Waals surface area contributed by atoms with Crippen LogP contribution in [0.25, 0.3) is 0 Å². The van der Waals surface area contributed by atoms with E-state index in [-0.39, 0.29) is 0 Å². The number of hydrogen-bond acceptors (Lipinski definition) is 4. The second-order valence-electron chi connectivity index (χ2n) is 6.85. The fraction of sp³-hybridized carbons (Fsp3) is 0.526. The van der Waals surface area contributed by atoms with Crippen LogP contribution in [0.15, 0.2) is 30.3 Å². The quantitative estimate of drug-likeness (QED) is 0.808. The first-order chi connectivity index (χ1) is 11.3. The van der Waals surface area contributed by atoms with Gasteiger partial charge in [0.25, 0.3) is 0 Å². The van der Waals surface area contributed by atoms with Crippen LogP contribution in [0.1, 0.15) is 37.6 Å². The van der Waals surface area contributed by atoms with E-state index in [1.165, 1.54) is 5.56 Å². The van der Waals surface area contributed by atoms with E-state index in [4.69, 9.17) is 4.74 Å². The van der Waals surface area contributed by atoms with Gasteiger partial charge in [-0.2, -0.15) is 5.10 Å². The lowest BCUT2D eigenvalue weighted by atomic mass is 10.1. The van der Waals surface area contributed by atoms with Crippen molar-refractivity contribution in [2.24, 2.45) is 7.05 Å². The number of rotatable bonds is 8. The first kappa shape index (κ1) is 18.5. The molecule has 1 aromatic heterocycles. The molecule has 5 nitrogen and oxygen atoms in total. The predicted molar refractivity (Wildman–Crippen MR) is 96.0 cm³/mol. The zero-order chi connectivity index (χ0) is 17.7. The van der Waals surface area contributed by atoms with Crippen LogP contribution < -0.4 is 4.74 Å². The maximum absolute atomic E-state index is 10.3. The van der Waals surface area contributed by atoms with Gasteiger partial charge in [-0.3, -0.25) is 4.90 Å². The van der Waals surface area contributed by atoms with Gasteiger partial charge >= 0.3 is 0 Å². The first-order valence-electron chi connectivity index (χ1n) is 8.41. The average molecular weight is 331 g/mol. The molecule has 0 saturated carbocycles. The highest BCUT2D eigenvalue weighted by Crippen LogP contribution is 2.25. The van der Waals surface area contributed by atoms with E-state index in [9.17, 15) is 5.11 Å². The van der Waals surface area contributed by atoms with Crippen LogP contribution in [-0.4, -0.2) is 39.0 Å². The van der Waals surface area contributed by atoms with Gasteiger partial charge in [-0.05, 0) is 25.8 Å². The second-order valence-corrected chi connectivity index (χ2v) is 6.85. The molecule has 5 heteroatoms. The second kappa shape index (κ2) is 7.81. The largest absolute Gasteiger partial charge is 0.481 e. The molecule has 132 valence electrons. The Hall–Kier alpha value is -1.85. The van der Waals surface area contributed by atoms with E-state index >= 15 is 0 Å². The van der Waals surface area contributed by atoms with E-state index < -0.39 is 5.60 Å². The Balaban J connectivity index is 2.28. The van der Waals surface area contributed by atoms with Crippen molar-refractivity contribution in [2.75, 3.05) is 13.7 Å². The zero-order valence-corrected chi connectivity index (χ0v) is 15.4. The maximum Gasteiger partial charge on any atom is 0.216 e. The van der Waals surface area contributed by atoms with Crippen LogP contribution in [0.2, 0.25) is 0 Å². The van der Waals surface area contributed by atoms with Gasteiger partial charge < -0.3 is 9.84 Å². The van der Waals surface area contributed by atoms with Crippen LogP contribution in [0.4, 0.5) is 0 Å². The van der Waals surface area contributed by atoms with Crippen LogP contribution in [-0.2, 0) is 26.6 Å². The van der Waals surface area contributed by atoms with E-state index in [0.717, 1.165) is 30.1 Å². The van der Waals surface area contributed by atoms with Gasteiger partial charge in [0, 0.05) is 26.7 Å². The van der Waals surface area contributed by atoms with Crippen molar-refractivity contribution in [3.63, 3.8) is 0 Å². The summed E-state index contributed by atoms with van der Waals surface area (Å²) in [5.41, 5.74) is 2.60. The molecule has 0 aliphatic heterocycles. The van der Waals surface area contributed by atoms with Gasteiger partial charge in [0.15, 0.2) is 0 Å². The Morgan fingerprint density at radius 3 is 2.42 bits per heavy atom. The van der Waals surface area contributed by atoms with Crippen LogP contribution in [0.5, 0.6) is 5.88 Å². The third kappa shape index (κ3) is 4.82. The molecule has 0 unspecified atom stereocenters. The summed E-state index contributed by atoms with van der Waals surface area (Å²) < 4.78 is 7.34. The molecule has 0 saturated heterocycles. The molecule has 0 aliphatic carbocycles. The van der Waals surface area contributed by atoms with E-state index in [2.05, 4.69) is 29.1 Å². The summed E-state index contributed by atoms with van der Waals surface area (Å²) in [5, 5.41) is 14.9. The Kier molecular flexibility index (Phi) is 6.02. The summed E-state index contributed by atoms with van der Waals surface area (Å²) in [7, 11) is 3.58. The highest BCUT2D eigenvalue weighted by Gasteiger charge is 2.23. The number of nitrogens with zero attached hydrogens (tertiary/aromatic N) is 3. The lowest BCUT2D eigenvalue weighted by Gasteiger charge is -2.29. The highest BCUT2D eigenvalue weighted by atomic mass is 16.5. The third-order valence-corrected chi connectivity index (χ3v) is 3.94. The number of methoxy groups -OCH3 is 1. The summed E-state index contributed by atoms with van der Waals surface area (Å²) in [6.07, 6.45) is 0.855. The number of hydrogen-bond donors (Lipinski definition) is 1. The Morgan fingerprint density at radius 1 is 1.21 bits per heavy atom. The van der Waals surface area contributed by atoms with Crippen molar-refractivity contribution < 1.29 is 9.84 Å². The molecule has 0 atom stereocenters. The monoisotopic (exact) mass is 331 g/mol. The van der Waals surface area contributed by atoms with Crippen LogP contribution in [0.3, 0.4) is 0 Å². The van der Waals surface area contributed by atoms with Crippen molar-refractivity contribution >= 4 is 0 Å². The van der Waals surface area contributed by atoms with Gasteiger partial charge in [-0.1, -0.05) is 37.3 Å². The molecule has 0 aliphatic rings. The van der Waals surface area contributed by atoms with Gasteiger partial charge in [0.2, 0.25) is 5.88 Å². The van der Waals surface area contributed by atoms with Crippen molar-refractivity contribution in [2.45, 2.75) is 45.9 Å². The molecular formula is C19H29N3O2.